The Hall–Kier alpha value is -3.00. The maximum atomic E-state index is 13.1. The normalized spacial score (nSPS) is 13.0. The number of nitro groups is 1. The van der Waals surface area contributed by atoms with Crippen LogP contribution in [0, 0.1) is 10.1 Å². The molecular weight excluding hydrogens is 500 g/mol. The number of benzene rings is 2. The average molecular weight is 529 g/mol. The summed E-state index contributed by atoms with van der Waals surface area (Å²) in [6, 6.07) is 8.71. The van der Waals surface area contributed by atoms with Crippen molar-refractivity contribution in [3.05, 3.63) is 70.3 Å². The Morgan fingerprint density at radius 2 is 1.83 bits per heavy atom. The van der Waals surface area contributed by atoms with Crippen molar-refractivity contribution in [3.63, 3.8) is 0 Å². The number of methoxy groups -OCH3 is 1. The third-order valence-electron chi connectivity index (χ3n) is 4.76. The number of sulfonamides is 1. The van der Waals surface area contributed by atoms with Crippen LogP contribution in [-0.4, -0.2) is 52.9 Å². The van der Waals surface area contributed by atoms with Gasteiger partial charge in [0.25, 0.3) is 5.69 Å². The molecule has 0 bridgehead atoms. The van der Waals surface area contributed by atoms with E-state index in [-0.39, 0.29) is 24.5 Å². The first-order valence-electron chi connectivity index (χ1n) is 10.6. The quantitative estimate of drug-likeness (QED) is 0.123. The van der Waals surface area contributed by atoms with Gasteiger partial charge in [-0.2, -0.15) is 8.42 Å². The van der Waals surface area contributed by atoms with E-state index in [2.05, 4.69) is 4.72 Å². The number of nitrogens with zero attached hydrogens (tertiary/aromatic N) is 1. The maximum Gasteiger partial charge on any atom is 0.306 e. The molecule has 2 aromatic carbocycles. The highest BCUT2D eigenvalue weighted by molar-refractivity contribution is 7.89. The molecule has 2 rings (SSSR count). The van der Waals surface area contributed by atoms with E-state index >= 15 is 0 Å². The van der Waals surface area contributed by atoms with Gasteiger partial charge in [0.2, 0.25) is 10.0 Å². The molecule has 35 heavy (non-hydrogen) atoms. The van der Waals surface area contributed by atoms with E-state index in [0.29, 0.717) is 24.8 Å². The van der Waals surface area contributed by atoms with Crippen LogP contribution in [0.4, 0.5) is 5.69 Å². The van der Waals surface area contributed by atoms with Crippen molar-refractivity contribution in [2.45, 2.75) is 36.6 Å². The molecule has 0 spiro atoms. The van der Waals surface area contributed by atoms with Crippen molar-refractivity contribution >= 4 is 25.8 Å². The highest BCUT2D eigenvalue weighted by Crippen LogP contribution is 2.33. The lowest BCUT2D eigenvalue weighted by molar-refractivity contribution is -0.387. The van der Waals surface area contributed by atoms with Crippen LogP contribution < -0.4 is 13.6 Å². The van der Waals surface area contributed by atoms with Crippen LogP contribution in [0.15, 0.2) is 59.5 Å². The summed E-state index contributed by atoms with van der Waals surface area (Å²) >= 11 is 0. The first-order chi connectivity index (χ1) is 16.5. The van der Waals surface area contributed by atoms with E-state index in [1.807, 2.05) is 0 Å². The standard InChI is InChI=1S/C22H28N2O9S2/c1-32-20-13-9-10-17(22(20)33-34(2,28)29)16-18(11-5-3-4-8-15-25)23-35(30,31)21-14-7-6-12-19(21)24(26)27/h5-7,9-14,18,23,25H,3-4,8,15-16H2,1-2H3/b11-5-/t18-/m0/s1. The van der Waals surface area contributed by atoms with Gasteiger partial charge in [0.15, 0.2) is 16.4 Å². The number of rotatable bonds is 14. The lowest BCUT2D eigenvalue weighted by atomic mass is 10.0. The second-order valence-electron chi connectivity index (χ2n) is 7.54. The van der Waals surface area contributed by atoms with E-state index in [9.17, 15) is 26.9 Å². The Morgan fingerprint density at radius 1 is 1.11 bits per heavy atom. The minimum absolute atomic E-state index is 0.0254. The van der Waals surface area contributed by atoms with Gasteiger partial charge < -0.3 is 14.0 Å². The molecule has 2 N–H and O–H groups in total. The summed E-state index contributed by atoms with van der Waals surface area (Å²) in [4.78, 5) is 10.1. The molecule has 0 aliphatic rings. The van der Waals surface area contributed by atoms with Gasteiger partial charge in [0.1, 0.15) is 0 Å². The van der Waals surface area contributed by atoms with Gasteiger partial charge in [-0.05, 0) is 37.8 Å². The van der Waals surface area contributed by atoms with Gasteiger partial charge in [0.05, 0.1) is 18.3 Å². The second kappa shape index (κ2) is 12.6. The number of hydrogen-bond donors (Lipinski definition) is 2. The summed E-state index contributed by atoms with van der Waals surface area (Å²) < 4.78 is 62.6. The van der Waals surface area contributed by atoms with Crippen molar-refractivity contribution in [2.75, 3.05) is 20.0 Å². The molecule has 0 amide bonds. The van der Waals surface area contributed by atoms with Gasteiger partial charge in [0, 0.05) is 24.3 Å². The minimum Gasteiger partial charge on any atom is -0.493 e. The van der Waals surface area contributed by atoms with Crippen molar-refractivity contribution in [2.24, 2.45) is 0 Å². The predicted molar refractivity (Wildman–Crippen MR) is 129 cm³/mol. The molecular formula is C22H28N2O9S2. The summed E-state index contributed by atoms with van der Waals surface area (Å²) in [5.74, 6) is 0.0567. The fraction of sp³-hybridized carbons (Fsp3) is 0.364. The highest BCUT2D eigenvalue weighted by Gasteiger charge is 2.28. The van der Waals surface area contributed by atoms with Gasteiger partial charge in [-0.3, -0.25) is 10.1 Å². The van der Waals surface area contributed by atoms with Crippen LogP contribution in [0.3, 0.4) is 0 Å². The van der Waals surface area contributed by atoms with Crippen molar-refractivity contribution in [1.82, 2.24) is 4.72 Å². The number of aliphatic hydroxyl groups excluding tert-OH is 1. The van der Waals surface area contributed by atoms with Gasteiger partial charge in [-0.15, -0.1) is 0 Å². The molecule has 0 aromatic heterocycles. The van der Waals surface area contributed by atoms with E-state index in [4.69, 9.17) is 14.0 Å². The molecule has 0 aliphatic heterocycles. The molecule has 0 fully saturated rings. The molecule has 0 saturated heterocycles. The summed E-state index contributed by atoms with van der Waals surface area (Å²) in [5, 5.41) is 20.3. The number of allylic oxidation sites excluding steroid dienone is 1. The Labute approximate surface area is 204 Å². The van der Waals surface area contributed by atoms with Crippen molar-refractivity contribution in [1.29, 1.82) is 0 Å². The van der Waals surface area contributed by atoms with Crippen LogP contribution in [0.25, 0.3) is 0 Å². The largest absolute Gasteiger partial charge is 0.493 e. The Morgan fingerprint density at radius 3 is 2.46 bits per heavy atom. The minimum atomic E-state index is -4.34. The van der Waals surface area contributed by atoms with Crippen LogP contribution >= 0.6 is 0 Å². The number of nitrogens with one attached hydrogen (secondary N) is 1. The summed E-state index contributed by atoms with van der Waals surface area (Å²) in [7, 11) is -6.93. The van der Waals surface area contributed by atoms with Gasteiger partial charge in [-0.1, -0.05) is 36.4 Å². The van der Waals surface area contributed by atoms with Crippen LogP contribution in [-0.2, 0) is 26.6 Å². The fourth-order valence-electron chi connectivity index (χ4n) is 3.25. The smallest absolute Gasteiger partial charge is 0.306 e. The SMILES string of the molecule is COc1cccc(C[C@H](/C=C\CCCCO)NS(=O)(=O)c2ccccc2[N+](=O)[O-])c1OS(C)(=O)=O. The first-order valence-corrected chi connectivity index (χ1v) is 13.9. The molecule has 0 aliphatic carbocycles. The van der Waals surface area contributed by atoms with Crippen molar-refractivity contribution < 1.29 is 35.8 Å². The molecule has 0 heterocycles. The lowest BCUT2D eigenvalue weighted by Gasteiger charge is -2.19. The lowest BCUT2D eigenvalue weighted by Crippen LogP contribution is -2.35. The molecule has 0 radical (unpaired) electrons. The first kappa shape index (κ1) is 28.2. The molecule has 2 aromatic rings. The number of unbranched alkanes of at least 4 members (excludes halogenated alkanes) is 2. The predicted octanol–water partition coefficient (Wildman–Crippen LogP) is 2.55. The average Bonchev–Trinajstić information content (AvgIpc) is 2.78. The molecule has 13 heteroatoms. The van der Waals surface area contributed by atoms with Gasteiger partial charge in [-0.25, -0.2) is 13.1 Å². The zero-order valence-corrected chi connectivity index (χ0v) is 20.9. The van der Waals surface area contributed by atoms with Crippen LogP contribution in [0.2, 0.25) is 0 Å². The zero-order chi connectivity index (χ0) is 26.1. The molecule has 0 unspecified atom stereocenters. The maximum absolute atomic E-state index is 13.1. The number of hydrogen-bond acceptors (Lipinski definition) is 9. The molecule has 1 atom stereocenters. The third kappa shape index (κ3) is 8.62. The van der Waals surface area contributed by atoms with E-state index in [1.54, 1.807) is 24.3 Å². The van der Waals surface area contributed by atoms with Crippen LogP contribution in [0.5, 0.6) is 11.5 Å². The second-order valence-corrected chi connectivity index (χ2v) is 10.8. The fourth-order valence-corrected chi connectivity index (χ4v) is 5.10. The number of nitro benzene ring substituents is 1. The number of ether oxygens (including phenoxy) is 1. The van der Waals surface area contributed by atoms with E-state index in [0.717, 1.165) is 18.4 Å². The highest BCUT2D eigenvalue weighted by atomic mass is 32.2. The molecule has 0 saturated carbocycles. The Bertz CT molecular complexity index is 1260. The Kier molecular flexibility index (Phi) is 10.2. The molecule has 192 valence electrons. The van der Waals surface area contributed by atoms with Crippen molar-refractivity contribution in [3.8, 4) is 11.5 Å². The zero-order valence-electron chi connectivity index (χ0n) is 19.3. The summed E-state index contributed by atoms with van der Waals surface area (Å²) in [6.07, 6.45) is 5.91. The monoisotopic (exact) mass is 528 g/mol. The Balaban J connectivity index is 2.46. The number of aliphatic hydroxyl groups is 1. The van der Waals surface area contributed by atoms with Crippen LogP contribution in [0.1, 0.15) is 24.8 Å². The van der Waals surface area contributed by atoms with E-state index < -0.39 is 41.7 Å². The van der Waals surface area contributed by atoms with E-state index in [1.165, 1.54) is 25.3 Å². The molecule has 11 nitrogen and oxygen atoms in total. The van der Waals surface area contributed by atoms with Gasteiger partial charge >= 0.3 is 10.1 Å². The number of para-hydroxylation sites is 2. The third-order valence-corrected chi connectivity index (χ3v) is 6.77. The summed E-state index contributed by atoms with van der Waals surface area (Å²) in [6.45, 7) is 0.0254. The summed E-state index contributed by atoms with van der Waals surface area (Å²) in [5.41, 5.74) is -0.238. The topological polar surface area (TPSA) is 162 Å².